The van der Waals surface area contributed by atoms with Crippen LogP contribution in [0.5, 0.6) is 5.75 Å². The van der Waals surface area contributed by atoms with Gasteiger partial charge in [-0.2, -0.15) is 0 Å². The maximum Gasteiger partial charge on any atom is 0.163 e. The Morgan fingerprint density at radius 2 is 1.74 bits per heavy atom. The largest absolute Gasteiger partial charge is 0.494 e. The molecular weight excluding hydrogens is 444 g/mol. The fourth-order valence-corrected chi connectivity index (χ4v) is 3.51. The third-order valence-electron chi connectivity index (χ3n) is 5.34. The quantitative estimate of drug-likeness (QED) is 0.310. The van der Waals surface area contributed by atoms with E-state index in [-0.39, 0.29) is 5.78 Å². The number of benzene rings is 1. The molecular formula is C26H26N6O3. The number of Topliss-reactive ketones (excluding diaryl/α,β-unsaturated/α-hetero) is 1. The summed E-state index contributed by atoms with van der Waals surface area (Å²) in [4.78, 5) is 29.5. The van der Waals surface area contributed by atoms with Crippen LogP contribution in [0, 0.1) is 0 Å². The Hall–Kier alpha value is -4.37. The number of hydrogen-bond donors (Lipinski definition) is 3. The number of ketones is 1. The van der Waals surface area contributed by atoms with Gasteiger partial charge in [-0.1, -0.05) is 12.1 Å². The van der Waals surface area contributed by atoms with Gasteiger partial charge in [0.1, 0.15) is 11.6 Å². The maximum absolute atomic E-state index is 12.3. The maximum atomic E-state index is 12.3. The number of methoxy groups -OCH3 is 1. The summed E-state index contributed by atoms with van der Waals surface area (Å²) in [5, 5.41) is 16.6. The summed E-state index contributed by atoms with van der Waals surface area (Å²) in [5.41, 5.74) is 2.77. The first-order chi connectivity index (χ1) is 16.8. The molecule has 0 saturated carbocycles. The number of rotatable bonds is 8. The van der Waals surface area contributed by atoms with E-state index in [0.29, 0.717) is 45.6 Å². The Morgan fingerprint density at radius 3 is 2.37 bits per heavy atom. The third-order valence-corrected chi connectivity index (χ3v) is 5.34. The summed E-state index contributed by atoms with van der Waals surface area (Å²) in [6, 6.07) is 10.9. The van der Waals surface area contributed by atoms with Crippen LogP contribution >= 0.6 is 0 Å². The van der Waals surface area contributed by atoms with Crippen molar-refractivity contribution in [3.8, 4) is 17.0 Å². The highest BCUT2D eigenvalue weighted by molar-refractivity contribution is 6.00. The van der Waals surface area contributed by atoms with Crippen LogP contribution in [0.25, 0.3) is 11.3 Å². The molecule has 0 spiro atoms. The Labute approximate surface area is 203 Å². The van der Waals surface area contributed by atoms with Crippen LogP contribution in [-0.2, 0) is 5.60 Å². The van der Waals surface area contributed by atoms with Crippen molar-refractivity contribution in [3.05, 3.63) is 78.5 Å². The lowest BCUT2D eigenvalue weighted by atomic mass is 10.0. The van der Waals surface area contributed by atoms with E-state index in [9.17, 15) is 9.90 Å². The fourth-order valence-electron chi connectivity index (χ4n) is 3.51. The van der Waals surface area contributed by atoms with Crippen LogP contribution in [-0.4, -0.2) is 37.9 Å². The molecule has 178 valence electrons. The lowest BCUT2D eigenvalue weighted by Crippen LogP contribution is -2.15. The number of anilines is 4. The molecule has 9 nitrogen and oxygen atoms in total. The molecule has 0 radical (unpaired) electrons. The van der Waals surface area contributed by atoms with E-state index in [2.05, 4.69) is 30.6 Å². The Bertz CT molecular complexity index is 1340. The third kappa shape index (κ3) is 5.42. The molecule has 0 atom stereocenters. The molecule has 0 aliphatic rings. The van der Waals surface area contributed by atoms with Crippen molar-refractivity contribution in [1.29, 1.82) is 0 Å². The summed E-state index contributed by atoms with van der Waals surface area (Å²) in [7, 11) is 1.58. The van der Waals surface area contributed by atoms with Crippen LogP contribution in [0.3, 0.4) is 0 Å². The Kier molecular flexibility index (Phi) is 6.70. The van der Waals surface area contributed by atoms with Gasteiger partial charge in [0.05, 0.1) is 41.5 Å². The minimum absolute atomic E-state index is 0.136. The lowest BCUT2D eigenvalue weighted by molar-refractivity contribution is 0.0782. The van der Waals surface area contributed by atoms with Crippen molar-refractivity contribution in [2.45, 2.75) is 26.4 Å². The Balaban J connectivity index is 1.67. The molecule has 0 bridgehead atoms. The van der Waals surface area contributed by atoms with Crippen molar-refractivity contribution in [1.82, 2.24) is 19.9 Å². The second kappa shape index (κ2) is 9.86. The first-order valence-electron chi connectivity index (χ1n) is 10.9. The monoisotopic (exact) mass is 470 g/mol. The molecule has 3 N–H and O–H groups in total. The molecule has 0 unspecified atom stereocenters. The van der Waals surface area contributed by atoms with Crippen molar-refractivity contribution < 1.29 is 14.6 Å². The van der Waals surface area contributed by atoms with Gasteiger partial charge in [0.15, 0.2) is 11.5 Å². The van der Waals surface area contributed by atoms with E-state index in [1.807, 2.05) is 18.2 Å². The first-order valence-corrected chi connectivity index (χ1v) is 10.9. The minimum atomic E-state index is -0.983. The molecule has 1 aromatic carbocycles. The number of nitrogens with zero attached hydrogens (tertiary/aromatic N) is 4. The van der Waals surface area contributed by atoms with Gasteiger partial charge in [0.2, 0.25) is 0 Å². The van der Waals surface area contributed by atoms with Crippen molar-refractivity contribution in [3.63, 3.8) is 0 Å². The number of carbonyl (C=O) groups excluding carboxylic acids is 1. The zero-order chi connectivity index (χ0) is 25.0. The highest BCUT2D eigenvalue weighted by Gasteiger charge is 2.17. The Morgan fingerprint density at radius 1 is 0.943 bits per heavy atom. The van der Waals surface area contributed by atoms with Crippen LogP contribution in [0.2, 0.25) is 0 Å². The number of aliphatic hydroxyl groups is 1. The molecule has 0 aliphatic carbocycles. The standard InChI is InChI=1S/C26H26N6O3/c1-16(33)19-14-30-24(32-23-9-8-17(13-29-23)26(2,3)34)12-21(19)31-20-7-5-6-18(25(20)35-4)22-15-27-10-11-28-22/h5-15,34H,1-4H3,(H2,29,30,31,32). The smallest absolute Gasteiger partial charge is 0.163 e. The van der Waals surface area contributed by atoms with E-state index >= 15 is 0 Å². The van der Waals surface area contributed by atoms with Crippen LogP contribution in [0.4, 0.5) is 23.0 Å². The number of para-hydroxylation sites is 1. The molecule has 4 aromatic rings. The van der Waals surface area contributed by atoms with Gasteiger partial charge in [-0.15, -0.1) is 0 Å². The number of pyridine rings is 2. The molecule has 0 aliphatic heterocycles. The average molecular weight is 471 g/mol. The van der Waals surface area contributed by atoms with Gasteiger partial charge < -0.3 is 20.5 Å². The summed E-state index contributed by atoms with van der Waals surface area (Å²) >= 11 is 0. The highest BCUT2D eigenvalue weighted by Crippen LogP contribution is 2.37. The summed E-state index contributed by atoms with van der Waals surface area (Å²) in [6.07, 6.45) is 8.00. The minimum Gasteiger partial charge on any atom is -0.494 e. The van der Waals surface area contributed by atoms with Gasteiger partial charge >= 0.3 is 0 Å². The van der Waals surface area contributed by atoms with E-state index < -0.39 is 5.60 Å². The fraction of sp³-hybridized carbons (Fsp3) is 0.192. The van der Waals surface area contributed by atoms with Crippen LogP contribution in [0.1, 0.15) is 36.7 Å². The van der Waals surface area contributed by atoms with E-state index in [0.717, 1.165) is 5.56 Å². The number of hydrogen-bond acceptors (Lipinski definition) is 9. The second-order valence-electron chi connectivity index (χ2n) is 8.39. The van der Waals surface area contributed by atoms with Gasteiger partial charge in [-0.05, 0) is 39.0 Å². The molecule has 3 heterocycles. The molecule has 0 amide bonds. The average Bonchev–Trinajstić information content (AvgIpc) is 2.84. The van der Waals surface area contributed by atoms with Crippen LogP contribution in [0.15, 0.2) is 67.4 Å². The number of carbonyl (C=O) groups is 1. The van der Waals surface area contributed by atoms with Gasteiger partial charge in [-0.3, -0.25) is 14.8 Å². The summed E-state index contributed by atoms with van der Waals surface area (Å²) in [6.45, 7) is 4.88. The van der Waals surface area contributed by atoms with Crippen molar-refractivity contribution in [2.75, 3.05) is 17.7 Å². The highest BCUT2D eigenvalue weighted by atomic mass is 16.5. The summed E-state index contributed by atoms with van der Waals surface area (Å²) in [5.74, 6) is 1.47. The molecule has 35 heavy (non-hydrogen) atoms. The van der Waals surface area contributed by atoms with Gasteiger partial charge in [-0.25, -0.2) is 9.97 Å². The number of nitrogens with one attached hydrogen (secondary N) is 2. The molecule has 3 aromatic heterocycles. The van der Waals surface area contributed by atoms with E-state index in [1.165, 1.54) is 13.1 Å². The SMILES string of the molecule is COc1c(Nc2cc(Nc3ccc(C(C)(C)O)cn3)ncc2C(C)=O)cccc1-c1cnccn1. The number of ether oxygens (including phenoxy) is 1. The predicted molar refractivity (Wildman–Crippen MR) is 134 cm³/mol. The second-order valence-corrected chi connectivity index (χ2v) is 8.39. The molecule has 0 saturated heterocycles. The lowest BCUT2D eigenvalue weighted by Gasteiger charge is -2.18. The first kappa shape index (κ1) is 23.8. The topological polar surface area (TPSA) is 122 Å². The van der Waals surface area contributed by atoms with E-state index in [4.69, 9.17) is 4.74 Å². The zero-order valence-corrected chi connectivity index (χ0v) is 19.9. The van der Waals surface area contributed by atoms with E-state index in [1.54, 1.807) is 63.9 Å². The van der Waals surface area contributed by atoms with Crippen LogP contribution < -0.4 is 15.4 Å². The van der Waals surface area contributed by atoms with Crippen molar-refractivity contribution >= 4 is 28.8 Å². The van der Waals surface area contributed by atoms with Gasteiger partial charge in [0.25, 0.3) is 0 Å². The molecule has 0 fully saturated rings. The van der Waals surface area contributed by atoms with Crippen molar-refractivity contribution in [2.24, 2.45) is 0 Å². The predicted octanol–water partition coefficient (Wildman–Crippen LogP) is 4.86. The van der Waals surface area contributed by atoms with Gasteiger partial charge in [0, 0.05) is 42.0 Å². The number of aromatic nitrogens is 4. The molecule has 9 heteroatoms. The summed E-state index contributed by atoms with van der Waals surface area (Å²) < 4.78 is 5.69. The zero-order valence-electron chi connectivity index (χ0n) is 19.9. The normalized spacial score (nSPS) is 11.1. The molecule has 4 rings (SSSR count).